The van der Waals surface area contributed by atoms with Crippen molar-refractivity contribution in [3.05, 3.63) is 89.2 Å². The summed E-state index contributed by atoms with van der Waals surface area (Å²) in [6.45, 7) is 14.2. The number of aliphatic imine (C=N–C) groups is 2. The second-order valence-electron chi connectivity index (χ2n) is 13.2. The van der Waals surface area contributed by atoms with Gasteiger partial charge in [-0.3, -0.25) is 9.98 Å². The SMILES string of the molecule is COc1cc(OC)c(O)c(Pc2ccc(F)cc2C=NC(C)(C)C)c1.COc1ccc(O)c(Pc2ccc(C)cc2C=NC(C)(C)C)c1.[Cl][Ti][Cl].[Cl][Ti][Cl]. The van der Waals surface area contributed by atoms with E-state index in [4.69, 9.17) is 51.4 Å². The Hall–Kier alpha value is -1.40. The summed E-state index contributed by atoms with van der Waals surface area (Å²) in [5.41, 5.74) is 2.62. The molecule has 2 N–H and O–H groups in total. The molecule has 292 valence electrons. The summed E-state index contributed by atoms with van der Waals surface area (Å²) >= 11 is -1.11. The molecule has 2 atom stereocenters. The molecule has 7 nitrogen and oxygen atoms in total. The van der Waals surface area contributed by atoms with Gasteiger partial charge in [-0.1, -0.05) is 40.9 Å². The fraction of sp³-hybridized carbons (Fsp3) is 0.316. The van der Waals surface area contributed by atoms with Gasteiger partial charge >= 0.3 is 71.3 Å². The first-order chi connectivity index (χ1) is 25.3. The van der Waals surface area contributed by atoms with Gasteiger partial charge in [-0.15, -0.1) is 0 Å². The Kier molecular flexibility index (Phi) is 24.2. The second-order valence-corrected chi connectivity index (χ2v) is 21.0. The van der Waals surface area contributed by atoms with Gasteiger partial charge in [0.2, 0.25) is 0 Å². The summed E-state index contributed by atoms with van der Waals surface area (Å²) in [5, 5.41) is 24.1. The van der Waals surface area contributed by atoms with Gasteiger partial charge < -0.3 is 24.4 Å². The van der Waals surface area contributed by atoms with E-state index < -0.39 is 34.1 Å². The van der Waals surface area contributed by atoms with Gasteiger partial charge in [0.1, 0.15) is 23.1 Å². The Balaban J connectivity index is 0.000000472. The minimum absolute atomic E-state index is 0.0599. The zero-order chi connectivity index (χ0) is 41.1. The molecule has 4 aromatic carbocycles. The predicted molar refractivity (Wildman–Crippen MR) is 227 cm³/mol. The average molecular weight is 930 g/mol. The van der Waals surface area contributed by atoms with Gasteiger partial charge in [-0.2, -0.15) is 0 Å². The third kappa shape index (κ3) is 19.6. The number of ether oxygens (including phenoxy) is 3. The molecule has 0 fully saturated rings. The maximum atomic E-state index is 13.7. The zero-order valence-corrected chi connectivity index (χ0v) is 40.1. The fourth-order valence-corrected chi connectivity index (χ4v) is 6.52. The number of methoxy groups -OCH3 is 3. The number of halogens is 5. The van der Waals surface area contributed by atoms with E-state index >= 15 is 0 Å². The number of nitrogens with zero attached hydrogens (tertiary/aromatic N) is 2. The van der Waals surface area contributed by atoms with Crippen LogP contribution in [-0.4, -0.2) is 55.0 Å². The standard InChI is InChI=1S/C19H23FNO3P.C19H24NO2P.4ClH.2Ti/c1-19(2,3)21-11-12-8-13(20)6-7-16(12)25-17-10-14(23-4)9-15(24-5)18(17)22;1-13-6-9-17(14(10-13)12-20-19(2,3)4)23-18-11-15(22-5)7-8-16(18)21;;;;;;/h6-11,22,25H,1-5H3;6-12,21,23H,1-5H3;4*1H;;/q;;;;;;2*+2/p-4. The number of phenolic OH excluding ortho intramolecular Hbond substituents is 2. The predicted octanol–water partition coefficient (Wildman–Crippen LogP) is 9.70. The van der Waals surface area contributed by atoms with E-state index in [9.17, 15) is 14.6 Å². The van der Waals surface area contributed by atoms with Gasteiger partial charge in [0, 0.05) is 40.2 Å². The van der Waals surface area contributed by atoms with Gasteiger partial charge in [0.15, 0.2) is 11.5 Å². The molecule has 0 amide bonds. The normalized spacial score (nSPS) is 11.5. The molecule has 0 saturated heterocycles. The van der Waals surface area contributed by atoms with Crippen molar-refractivity contribution in [2.24, 2.45) is 9.98 Å². The fourth-order valence-electron chi connectivity index (χ4n) is 4.17. The third-order valence-electron chi connectivity index (χ3n) is 6.65. The monoisotopic (exact) mass is 928 g/mol. The van der Waals surface area contributed by atoms with E-state index in [0.29, 0.717) is 36.7 Å². The van der Waals surface area contributed by atoms with Gasteiger partial charge in [-0.05, 0) is 102 Å². The molecule has 4 aromatic rings. The van der Waals surface area contributed by atoms with Crippen LogP contribution in [0.3, 0.4) is 0 Å². The first kappa shape index (κ1) is 50.6. The first-order valence-electron chi connectivity index (χ1n) is 16.1. The Morgan fingerprint density at radius 1 is 0.630 bits per heavy atom. The van der Waals surface area contributed by atoms with Crippen LogP contribution in [0.2, 0.25) is 0 Å². The molecule has 0 saturated carbocycles. The van der Waals surface area contributed by atoms with Crippen LogP contribution >= 0.6 is 54.4 Å². The number of benzene rings is 4. The molecule has 0 radical (unpaired) electrons. The van der Waals surface area contributed by atoms with Crippen molar-refractivity contribution in [1.29, 1.82) is 0 Å². The molecule has 0 spiro atoms. The van der Waals surface area contributed by atoms with Crippen molar-refractivity contribution in [3.63, 3.8) is 0 Å². The van der Waals surface area contributed by atoms with E-state index in [0.717, 1.165) is 27.2 Å². The number of hydrogen-bond donors (Lipinski definition) is 2. The molecule has 0 heterocycles. The van der Waals surface area contributed by atoms with Crippen LogP contribution in [0, 0.1) is 12.7 Å². The summed E-state index contributed by atoms with van der Waals surface area (Å²) in [4.78, 5) is 9.08. The molecule has 4 rings (SSSR count). The van der Waals surface area contributed by atoms with Crippen LogP contribution < -0.4 is 35.4 Å². The molecule has 2 unspecified atom stereocenters. The van der Waals surface area contributed by atoms with Crippen LogP contribution in [0.5, 0.6) is 28.7 Å². The van der Waals surface area contributed by atoms with Crippen LogP contribution in [0.1, 0.15) is 58.2 Å². The van der Waals surface area contributed by atoms with Crippen molar-refractivity contribution in [2.45, 2.75) is 59.5 Å². The number of phenols is 2. The van der Waals surface area contributed by atoms with Crippen molar-refractivity contribution in [2.75, 3.05) is 21.3 Å². The Bertz CT molecular complexity index is 1830. The molecule has 0 bridgehead atoms. The molecule has 16 heteroatoms. The summed E-state index contributed by atoms with van der Waals surface area (Å²) in [6, 6.07) is 19.6. The summed E-state index contributed by atoms with van der Waals surface area (Å²) in [7, 11) is 24.7. The average Bonchev–Trinajstić information content (AvgIpc) is 3.10. The van der Waals surface area contributed by atoms with E-state index in [1.807, 2.05) is 33.1 Å². The van der Waals surface area contributed by atoms with E-state index in [1.54, 1.807) is 50.8 Å². The van der Waals surface area contributed by atoms with Gasteiger partial charge in [0.05, 0.1) is 32.4 Å². The maximum absolute atomic E-state index is 13.7. The van der Waals surface area contributed by atoms with Crippen LogP contribution in [0.25, 0.3) is 0 Å². The molecular formula is C38H47Cl4FN2O5P2Ti2. The zero-order valence-electron chi connectivity index (χ0n) is 31.9. The summed E-state index contributed by atoms with van der Waals surface area (Å²) in [5.74, 6) is 1.71. The van der Waals surface area contributed by atoms with Crippen molar-refractivity contribution >= 4 is 88.0 Å². The number of hydrogen-bond acceptors (Lipinski definition) is 7. The number of aryl methyl sites for hydroxylation is 1. The van der Waals surface area contributed by atoms with Gasteiger partial charge in [0.25, 0.3) is 0 Å². The van der Waals surface area contributed by atoms with Crippen LogP contribution in [0.15, 0.2) is 76.7 Å². The minimum atomic E-state index is -0.556. The topological polar surface area (TPSA) is 92.9 Å². The number of aromatic hydroxyl groups is 2. The van der Waals surface area contributed by atoms with Crippen molar-refractivity contribution in [3.8, 4) is 28.7 Å². The third-order valence-corrected chi connectivity index (χ3v) is 9.42. The van der Waals surface area contributed by atoms with E-state index in [-0.39, 0.29) is 31.2 Å². The van der Waals surface area contributed by atoms with Crippen molar-refractivity contribution < 1.29 is 62.9 Å². The molecule has 54 heavy (non-hydrogen) atoms. The van der Waals surface area contributed by atoms with E-state index in [1.165, 1.54) is 24.8 Å². The van der Waals surface area contributed by atoms with Crippen LogP contribution in [0.4, 0.5) is 4.39 Å². The van der Waals surface area contributed by atoms with Crippen molar-refractivity contribution in [1.82, 2.24) is 0 Å². The van der Waals surface area contributed by atoms with Crippen LogP contribution in [-0.2, 0) is 34.1 Å². The Morgan fingerprint density at radius 3 is 1.61 bits per heavy atom. The molecule has 0 aliphatic heterocycles. The molecular weight excluding hydrogens is 883 g/mol. The Morgan fingerprint density at radius 2 is 1.11 bits per heavy atom. The summed E-state index contributed by atoms with van der Waals surface area (Å²) in [6.07, 6.45) is 3.62. The molecule has 0 aliphatic carbocycles. The second kappa shape index (κ2) is 25.8. The Labute approximate surface area is 356 Å². The number of rotatable bonds is 9. The quantitative estimate of drug-likeness (QED) is 0.0992. The van der Waals surface area contributed by atoms with E-state index in [2.05, 4.69) is 55.9 Å². The summed E-state index contributed by atoms with van der Waals surface area (Å²) < 4.78 is 29.4. The molecule has 0 aliphatic rings. The molecule has 0 aromatic heterocycles. The van der Waals surface area contributed by atoms with Gasteiger partial charge in [-0.25, -0.2) is 4.39 Å². The first-order valence-corrected chi connectivity index (χ1v) is 26.7.